The average Bonchev–Trinajstić information content (AvgIpc) is 2.74. The van der Waals surface area contributed by atoms with Gasteiger partial charge in [0.2, 0.25) is 0 Å². The molecule has 6 heteroatoms. The lowest BCUT2D eigenvalue weighted by molar-refractivity contribution is 0.129. The molecule has 0 saturated carbocycles. The van der Waals surface area contributed by atoms with Crippen LogP contribution >= 0.6 is 7.29 Å². The van der Waals surface area contributed by atoms with Crippen LogP contribution in [0.25, 0.3) is 0 Å². The first-order valence-electron chi connectivity index (χ1n) is 9.82. The first-order valence-corrected chi connectivity index (χ1v) is 11.8. The highest BCUT2D eigenvalue weighted by atomic mass is 31.2. The summed E-state index contributed by atoms with van der Waals surface area (Å²) < 4.78 is 27.1. The van der Waals surface area contributed by atoms with Crippen LogP contribution < -0.4 is 5.32 Å². The number of rotatable bonds is 14. The molecule has 0 aliphatic rings. The lowest BCUT2D eigenvalue weighted by atomic mass is 10.2. The largest absolute Gasteiger partial charge is 0.376 e. The van der Waals surface area contributed by atoms with E-state index in [1.807, 2.05) is 79.4 Å². The van der Waals surface area contributed by atoms with Gasteiger partial charge in [-0.2, -0.15) is 0 Å². The van der Waals surface area contributed by atoms with Gasteiger partial charge in [-0.05, 0) is 25.2 Å². The van der Waals surface area contributed by atoms with E-state index in [-0.39, 0.29) is 0 Å². The summed E-state index contributed by atoms with van der Waals surface area (Å²) in [7, 11) is 1.31. The van der Waals surface area contributed by atoms with E-state index in [1.54, 1.807) is 0 Å². The maximum absolute atomic E-state index is 13.6. The molecule has 0 fully saturated rings. The van der Waals surface area contributed by atoms with E-state index < -0.39 is 7.29 Å². The number of likely N-dealkylation sites (N-methyl/N-ethyl adjacent to an activating group) is 2. The van der Waals surface area contributed by atoms with E-state index in [2.05, 4.69) is 5.32 Å². The molecule has 0 bridgehead atoms. The van der Waals surface area contributed by atoms with Crippen molar-refractivity contribution in [3.8, 4) is 0 Å². The number of benzene rings is 2. The van der Waals surface area contributed by atoms with Gasteiger partial charge >= 0.3 is 0 Å². The molecule has 0 aliphatic carbocycles. The van der Waals surface area contributed by atoms with Crippen molar-refractivity contribution in [3.05, 3.63) is 71.8 Å². The fraction of sp³-hybridized carbons (Fsp3) is 0.455. The minimum absolute atomic E-state index is 0.481. The minimum atomic E-state index is -2.54. The summed E-state index contributed by atoms with van der Waals surface area (Å²) in [4.78, 5) is 0. The van der Waals surface area contributed by atoms with Gasteiger partial charge in [-0.15, -0.1) is 0 Å². The molecule has 0 saturated heterocycles. The van der Waals surface area contributed by atoms with E-state index in [0.29, 0.717) is 38.8 Å². The second kappa shape index (κ2) is 12.9. The zero-order valence-electron chi connectivity index (χ0n) is 17.0. The van der Waals surface area contributed by atoms with Crippen molar-refractivity contribution in [3.63, 3.8) is 0 Å². The molecule has 0 spiro atoms. The van der Waals surface area contributed by atoms with Crippen LogP contribution in [0.4, 0.5) is 0 Å². The van der Waals surface area contributed by atoms with Crippen LogP contribution in [0.1, 0.15) is 11.1 Å². The van der Waals surface area contributed by atoms with Crippen molar-refractivity contribution in [1.82, 2.24) is 9.99 Å². The van der Waals surface area contributed by atoms with Crippen molar-refractivity contribution in [1.29, 1.82) is 0 Å². The Morgan fingerprint density at radius 3 is 1.75 bits per heavy atom. The first-order chi connectivity index (χ1) is 13.6. The summed E-state index contributed by atoms with van der Waals surface area (Å²) in [5.41, 5.74) is 2.26. The summed E-state index contributed by atoms with van der Waals surface area (Å²) in [5.74, 6) is 0. The summed E-state index contributed by atoms with van der Waals surface area (Å²) in [6.45, 7) is 3.60. The Balaban J connectivity index is 1.80. The fourth-order valence-electron chi connectivity index (χ4n) is 2.85. The van der Waals surface area contributed by atoms with E-state index in [1.165, 1.54) is 0 Å². The van der Waals surface area contributed by atoms with Gasteiger partial charge in [0.1, 0.15) is 0 Å². The van der Waals surface area contributed by atoms with E-state index in [9.17, 15) is 4.57 Å². The Hall–Kier alpha value is -1.49. The maximum atomic E-state index is 13.6. The lowest BCUT2D eigenvalue weighted by Gasteiger charge is -2.28. The standard InChI is InChI=1S/C22H33N2O3P/c1-23-13-14-24(2)28(25,17-15-26-19-21-9-5-3-6-10-21)18-16-27-20-22-11-7-4-8-12-22/h3-12,23H,13-20H2,1-2H3. The highest BCUT2D eigenvalue weighted by Crippen LogP contribution is 2.47. The minimum Gasteiger partial charge on any atom is -0.376 e. The molecule has 0 unspecified atom stereocenters. The van der Waals surface area contributed by atoms with Crippen molar-refractivity contribution >= 4 is 7.29 Å². The van der Waals surface area contributed by atoms with Gasteiger partial charge in [0.15, 0.2) is 7.29 Å². The molecule has 5 nitrogen and oxygen atoms in total. The molecular formula is C22H33N2O3P. The molecule has 2 aromatic carbocycles. The number of nitrogens with one attached hydrogen (secondary N) is 1. The molecule has 2 aromatic rings. The van der Waals surface area contributed by atoms with Crippen LogP contribution in [0.2, 0.25) is 0 Å². The van der Waals surface area contributed by atoms with Gasteiger partial charge in [-0.1, -0.05) is 60.7 Å². The maximum Gasteiger partial charge on any atom is 0.154 e. The topological polar surface area (TPSA) is 50.8 Å². The lowest BCUT2D eigenvalue weighted by Crippen LogP contribution is -2.28. The second-order valence-corrected chi connectivity index (χ2v) is 10.1. The molecule has 0 aromatic heterocycles. The smallest absolute Gasteiger partial charge is 0.154 e. The molecule has 0 atom stereocenters. The van der Waals surface area contributed by atoms with Crippen molar-refractivity contribution in [2.45, 2.75) is 13.2 Å². The van der Waals surface area contributed by atoms with Gasteiger partial charge in [0, 0.05) is 25.4 Å². The molecule has 0 aliphatic heterocycles. The second-order valence-electron chi connectivity index (χ2n) is 6.85. The first kappa shape index (κ1) is 22.8. The number of hydrogen-bond acceptors (Lipinski definition) is 4. The highest BCUT2D eigenvalue weighted by molar-refractivity contribution is 7.61. The summed E-state index contributed by atoms with van der Waals surface area (Å²) in [6.07, 6.45) is 1.07. The third-order valence-electron chi connectivity index (χ3n) is 4.70. The number of ether oxygens (including phenoxy) is 2. The SMILES string of the molecule is CNCCN(C)P(=O)(CCOCc1ccccc1)CCOCc1ccccc1. The number of nitrogens with zero attached hydrogens (tertiary/aromatic N) is 1. The van der Waals surface area contributed by atoms with E-state index >= 15 is 0 Å². The van der Waals surface area contributed by atoms with E-state index in [0.717, 1.165) is 24.2 Å². The van der Waals surface area contributed by atoms with Crippen LogP contribution in [0.15, 0.2) is 60.7 Å². The quantitative estimate of drug-likeness (QED) is 0.383. The van der Waals surface area contributed by atoms with Crippen molar-refractivity contribution in [2.24, 2.45) is 0 Å². The monoisotopic (exact) mass is 404 g/mol. The van der Waals surface area contributed by atoms with Crippen molar-refractivity contribution < 1.29 is 14.0 Å². The molecule has 1 N–H and O–H groups in total. The highest BCUT2D eigenvalue weighted by Gasteiger charge is 2.26. The molecule has 154 valence electrons. The third-order valence-corrected chi connectivity index (χ3v) is 7.91. The van der Waals surface area contributed by atoms with Gasteiger partial charge in [-0.25, -0.2) is 0 Å². The molecular weight excluding hydrogens is 371 g/mol. The zero-order valence-corrected chi connectivity index (χ0v) is 17.9. The summed E-state index contributed by atoms with van der Waals surface area (Å²) >= 11 is 0. The van der Waals surface area contributed by atoms with Crippen LogP contribution in [-0.2, 0) is 27.3 Å². The fourth-order valence-corrected chi connectivity index (χ4v) is 5.05. The molecule has 0 radical (unpaired) electrons. The summed E-state index contributed by atoms with van der Waals surface area (Å²) in [6, 6.07) is 20.1. The third kappa shape index (κ3) is 8.26. The van der Waals surface area contributed by atoms with Gasteiger partial charge < -0.3 is 19.4 Å². The van der Waals surface area contributed by atoms with Gasteiger partial charge in [-0.3, -0.25) is 4.67 Å². The Morgan fingerprint density at radius 2 is 1.32 bits per heavy atom. The Kier molecular flexibility index (Phi) is 10.5. The zero-order chi connectivity index (χ0) is 20.1. The molecule has 0 amide bonds. The van der Waals surface area contributed by atoms with E-state index in [4.69, 9.17) is 9.47 Å². The molecule has 28 heavy (non-hydrogen) atoms. The normalized spacial score (nSPS) is 11.8. The predicted octanol–water partition coefficient (Wildman–Crippen LogP) is 3.85. The Morgan fingerprint density at radius 1 is 0.857 bits per heavy atom. The molecule has 2 rings (SSSR count). The predicted molar refractivity (Wildman–Crippen MR) is 116 cm³/mol. The van der Waals surface area contributed by atoms with Crippen LogP contribution in [0, 0.1) is 0 Å². The molecule has 0 heterocycles. The Bertz CT molecular complexity index is 646. The number of hydrogen-bond donors (Lipinski definition) is 1. The van der Waals surface area contributed by atoms with Gasteiger partial charge in [0.25, 0.3) is 0 Å². The van der Waals surface area contributed by atoms with Crippen LogP contribution in [0.3, 0.4) is 0 Å². The average molecular weight is 404 g/mol. The van der Waals surface area contributed by atoms with Crippen molar-refractivity contribution in [2.75, 3.05) is 52.7 Å². The van der Waals surface area contributed by atoms with Crippen LogP contribution in [-0.4, -0.2) is 57.4 Å². The Labute approximate surface area is 169 Å². The van der Waals surface area contributed by atoms with Crippen LogP contribution in [0.5, 0.6) is 0 Å². The summed E-state index contributed by atoms with van der Waals surface area (Å²) in [5, 5.41) is 3.12. The van der Waals surface area contributed by atoms with Gasteiger partial charge in [0.05, 0.1) is 26.4 Å².